The predicted molar refractivity (Wildman–Crippen MR) is 78.9 cm³/mol. The van der Waals surface area contributed by atoms with Gasteiger partial charge in [-0.2, -0.15) is 13.2 Å². The Hall–Kier alpha value is -0.325. The average Bonchev–Trinajstić information content (AvgIpc) is 3.09. The second kappa shape index (κ2) is 5.81. The molecule has 0 heterocycles. The second-order valence-electron chi connectivity index (χ2n) is 4.48. The zero-order valence-electron chi connectivity index (χ0n) is 10.2. The summed E-state index contributed by atoms with van der Waals surface area (Å²) in [5.74, 6) is -0.966. The number of alkyl halides is 4. The molecular formula is C12H9BCl2F3NS. The maximum atomic E-state index is 12.2. The highest BCUT2D eigenvalue weighted by atomic mass is 35.5. The van der Waals surface area contributed by atoms with Crippen molar-refractivity contribution in [1.29, 1.82) is 0 Å². The topological polar surface area (TPSA) is 12.4 Å². The van der Waals surface area contributed by atoms with Crippen LogP contribution < -0.4 is 0 Å². The zero-order chi connectivity index (χ0) is 15.0. The summed E-state index contributed by atoms with van der Waals surface area (Å²) in [5, 5.41) is 0.324. The number of halogens is 5. The van der Waals surface area contributed by atoms with E-state index in [0.717, 1.165) is 12.8 Å². The number of benzene rings is 1. The van der Waals surface area contributed by atoms with E-state index in [9.17, 15) is 13.2 Å². The van der Waals surface area contributed by atoms with Crippen molar-refractivity contribution in [3.63, 3.8) is 0 Å². The van der Waals surface area contributed by atoms with Gasteiger partial charge in [0.25, 0.3) is 0 Å². The molecule has 0 atom stereocenters. The van der Waals surface area contributed by atoms with Crippen LogP contribution in [0.2, 0.25) is 5.02 Å². The molecule has 0 saturated heterocycles. The number of aliphatic imine (C=N–C) groups is 1. The normalized spacial score (nSPS) is 18.1. The maximum absolute atomic E-state index is 12.2. The number of nitrogens with zero attached hydrogens (tertiary/aromatic N) is 1. The van der Waals surface area contributed by atoms with Crippen LogP contribution in [-0.4, -0.2) is 30.3 Å². The van der Waals surface area contributed by atoms with E-state index >= 15 is 0 Å². The van der Waals surface area contributed by atoms with E-state index in [1.54, 1.807) is 0 Å². The number of thioether (sulfide) groups is 1. The SMILES string of the molecule is [B]C(=Nc1cc(SCC(F)(F)F)ccc1Cl)C1(Cl)CC1. The molecule has 20 heavy (non-hydrogen) atoms. The minimum absolute atomic E-state index is 0.249. The standard InChI is InChI=1S/C12H9BCl2F3NS/c13-10(11(15)3-4-11)19-9-5-7(1-2-8(9)14)20-6-12(16,17)18/h1-2,5H,3-4,6H2. The van der Waals surface area contributed by atoms with Crippen LogP contribution in [0.3, 0.4) is 0 Å². The summed E-state index contributed by atoms with van der Waals surface area (Å²) in [4.78, 5) is 3.95. The van der Waals surface area contributed by atoms with Gasteiger partial charge in [0.1, 0.15) is 7.85 Å². The van der Waals surface area contributed by atoms with E-state index in [0.29, 0.717) is 27.4 Å². The molecule has 2 rings (SSSR count). The van der Waals surface area contributed by atoms with Crippen LogP contribution in [0.1, 0.15) is 12.8 Å². The fourth-order valence-electron chi connectivity index (χ4n) is 1.43. The number of hydrogen-bond donors (Lipinski definition) is 0. The van der Waals surface area contributed by atoms with Crippen LogP contribution in [0.25, 0.3) is 0 Å². The summed E-state index contributed by atoms with van der Waals surface area (Å²) in [5.41, 5.74) is 0.585. The Labute approximate surface area is 130 Å². The van der Waals surface area contributed by atoms with Crippen molar-refractivity contribution < 1.29 is 13.2 Å². The van der Waals surface area contributed by atoms with Gasteiger partial charge in [-0.3, -0.25) is 4.99 Å². The largest absolute Gasteiger partial charge is 0.398 e. The lowest BCUT2D eigenvalue weighted by Crippen LogP contribution is -2.15. The molecule has 0 spiro atoms. The molecule has 1 saturated carbocycles. The molecule has 1 aromatic carbocycles. The van der Waals surface area contributed by atoms with Gasteiger partial charge in [-0.25, -0.2) is 0 Å². The summed E-state index contributed by atoms with van der Waals surface area (Å²) in [6.07, 6.45) is -2.74. The van der Waals surface area contributed by atoms with Crippen molar-refractivity contribution in [2.24, 2.45) is 4.99 Å². The second-order valence-corrected chi connectivity index (χ2v) is 6.66. The van der Waals surface area contributed by atoms with Gasteiger partial charge in [-0.15, -0.1) is 23.4 Å². The Morgan fingerprint density at radius 2 is 2.05 bits per heavy atom. The van der Waals surface area contributed by atoms with E-state index in [2.05, 4.69) is 4.99 Å². The molecular weight excluding hydrogens is 329 g/mol. The number of rotatable bonds is 4. The molecule has 1 aliphatic carbocycles. The summed E-state index contributed by atoms with van der Waals surface area (Å²) in [6, 6.07) is 4.50. The first-order valence-electron chi connectivity index (χ1n) is 5.72. The van der Waals surface area contributed by atoms with E-state index in [-0.39, 0.29) is 5.61 Å². The molecule has 0 unspecified atom stereocenters. The summed E-state index contributed by atoms with van der Waals surface area (Å²) in [7, 11) is 5.78. The maximum Gasteiger partial charge on any atom is 0.398 e. The lowest BCUT2D eigenvalue weighted by molar-refractivity contribution is -0.105. The molecule has 0 aromatic heterocycles. The first-order chi connectivity index (χ1) is 9.20. The molecule has 1 nitrogen and oxygen atoms in total. The van der Waals surface area contributed by atoms with Gasteiger partial charge < -0.3 is 0 Å². The molecule has 1 aromatic rings. The fraction of sp³-hybridized carbons (Fsp3) is 0.417. The average molecular weight is 338 g/mol. The van der Waals surface area contributed by atoms with E-state index in [1.165, 1.54) is 18.2 Å². The highest BCUT2D eigenvalue weighted by molar-refractivity contribution is 7.99. The fourth-order valence-corrected chi connectivity index (χ4v) is 2.42. The molecule has 2 radical (unpaired) electrons. The smallest absolute Gasteiger partial charge is 0.266 e. The summed E-state index contributed by atoms with van der Waals surface area (Å²) >= 11 is 12.7. The minimum atomic E-state index is -4.22. The molecule has 0 N–H and O–H groups in total. The van der Waals surface area contributed by atoms with Gasteiger partial charge in [0, 0.05) is 4.90 Å². The van der Waals surface area contributed by atoms with Gasteiger partial charge in [-0.1, -0.05) is 11.6 Å². The van der Waals surface area contributed by atoms with Crippen LogP contribution >= 0.6 is 35.0 Å². The van der Waals surface area contributed by atoms with Gasteiger partial charge >= 0.3 is 6.18 Å². The molecule has 1 aliphatic rings. The molecule has 0 aliphatic heterocycles. The Balaban J connectivity index is 2.17. The number of hydrogen-bond acceptors (Lipinski definition) is 2. The zero-order valence-corrected chi connectivity index (χ0v) is 12.5. The van der Waals surface area contributed by atoms with E-state index in [4.69, 9.17) is 31.0 Å². The molecule has 1 fully saturated rings. The van der Waals surface area contributed by atoms with Crippen LogP contribution in [0.5, 0.6) is 0 Å². The highest BCUT2D eigenvalue weighted by Crippen LogP contribution is 2.44. The van der Waals surface area contributed by atoms with Gasteiger partial charge in [-0.05, 0) is 36.7 Å². The van der Waals surface area contributed by atoms with Crippen molar-refractivity contribution in [2.75, 3.05) is 5.75 Å². The molecule has 0 bridgehead atoms. The summed E-state index contributed by atoms with van der Waals surface area (Å²) in [6.45, 7) is 0. The van der Waals surface area contributed by atoms with Crippen molar-refractivity contribution in [3.05, 3.63) is 23.2 Å². The Kier molecular flexibility index (Phi) is 4.67. The summed E-state index contributed by atoms with van der Waals surface area (Å²) < 4.78 is 36.6. The lowest BCUT2D eigenvalue weighted by atomic mass is 9.96. The van der Waals surface area contributed by atoms with Crippen molar-refractivity contribution in [1.82, 2.24) is 0 Å². The molecule has 8 heteroatoms. The quantitative estimate of drug-likeness (QED) is 0.327. The van der Waals surface area contributed by atoms with Crippen LogP contribution in [-0.2, 0) is 0 Å². The van der Waals surface area contributed by atoms with Crippen LogP contribution in [0.4, 0.5) is 18.9 Å². The van der Waals surface area contributed by atoms with Crippen LogP contribution in [0, 0.1) is 0 Å². The first kappa shape index (κ1) is 16.1. The third-order valence-corrected chi connectivity index (χ3v) is 4.66. The predicted octanol–water partition coefficient (Wildman–Crippen LogP) is 4.96. The Morgan fingerprint density at radius 3 is 2.60 bits per heavy atom. The Morgan fingerprint density at radius 1 is 1.40 bits per heavy atom. The van der Waals surface area contributed by atoms with Crippen LogP contribution in [0.15, 0.2) is 28.1 Å². The van der Waals surface area contributed by atoms with E-state index < -0.39 is 16.8 Å². The van der Waals surface area contributed by atoms with Gasteiger partial charge in [0.05, 0.1) is 21.3 Å². The monoisotopic (exact) mass is 337 g/mol. The lowest BCUT2D eigenvalue weighted by Gasteiger charge is -2.09. The Bertz CT molecular complexity index is 544. The third kappa shape index (κ3) is 4.33. The van der Waals surface area contributed by atoms with E-state index in [1.807, 2.05) is 0 Å². The van der Waals surface area contributed by atoms with Gasteiger partial charge in [0.2, 0.25) is 0 Å². The van der Waals surface area contributed by atoms with Gasteiger partial charge in [0.15, 0.2) is 0 Å². The van der Waals surface area contributed by atoms with Crippen molar-refractivity contribution in [3.8, 4) is 0 Å². The third-order valence-electron chi connectivity index (χ3n) is 2.71. The minimum Gasteiger partial charge on any atom is -0.266 e. The van der Waals surface area contributed by atoms with Crippen molar-refractivity contribution in [2.45, 2.75) is 28.8 Å². The highest BCUT2D eigenvalue weighted by Gasteiger charge is 2.42. The molecule has 106 valence electrons. The van der Waals surface area contributed by atoms with Crippen molar-refractivity contribution >= 4 is 54.1 Å². The molecule has 0 amide bonds. The first-order valence-corrected chi connectivity index (χ1v) is 7.46.